The summed E-state index contributed by atoms with van der Waals surface area (Å²) in [6.45, 7) is 6.25. The molecule has 0 aliphatic heterocycles. The van der Waals surface area contributed by atoms with E-state index in [1.165, 1.54) is 19.3 Å². The number of hydrogen-bond donors (Lipinski definition) is 0. The fourth-order valence-electron chi connectivity index (χ4n) is 1.39. The minimum Gasteiger partial charge on any atom is -0.120 e. The standard InChI is InChI=1S/C8H12.C2H6/c1-3-8-6-4-5-7(8)2;1-2/h1,7-8H,4-6H2,2H3;1-2H3/t7-,8+;/m0./s1. The molecule has 58 valence electrons. The van der Waals surface area contributed by atoms with E-state index in [0.717, 1.165) is 5.92 Å². The summed E-state index contributed by atoms with van der Waals surface area (Å²) >= 11 is 0. The van der Waals surface area contributed by atoms with Crippen LogP contribution in [-0.4, -0.2) is 0 Å². The predicted octanol–water partition coefficient (Wildman–Crippen LogP) is 3.08. The van der Waals surface area contributed by atoms with Crippen molar-refractivity contribution in [2.24, 2.45) is 11.8 Å². The Kier molecular flexibility index (Phi) is 5.12. The van der Waals surface area contributed by atoms with Crippen LogP contribution < -0.4 is 0 Å². The normalized spacial score (nSPS) is 30.2. The van der Waals surface area contributed by atoms with Gasteiger partial charge in [-0.05, 0) is 18.8 Å². The molecule has 0 amide bonds. The summed E-state index contributed by atoms with van der Waals surface area (Å²) in [5, 5.41) is 0. The molecule has 0 aromatic rings. The van der Waals surface area contributed by atoms with Gasteiger partial charge in [0.2, 0.25) is 0 Å². The van der Waals surface area contributed by atoms with Gasteiger partial charge in [0, 0.05) is 5.92 Å². The average Bonchev–Trinajstić information content (AvgIpc) is 2.39. The van der Waals surface area contributed by atoms with Gasteiger partial charge in [-0.3, -0.25) is 0 Å². The summed E-state index contributed by atoms with van der Waals surface area (Å²) in [5.74, 6) is 4.20. The topological polar surface area (TPSA) is 0 Å². The van der Waals surface area contributed by atoms with Crippen molar-refractivity contribution < 1.29 is 0 Å². The van der Waals surface area contributed by atoms with Crippen LogP contribution in [0.2, 0.25) is 0 Å². The zero-order valence-corrected chi connectivity index (χ0v) is 7.35. The van der Waals surface area contributed by atoms with Gasteiger partial charge in [0.25, 0.3) is 0 Å². The molecule has 0 bridgehead atoms. The Morgan fingerprint density at radius 1 is 1.30 bits per heavy atom. The summed E-state index contributed by atoms with van der Waals surface area (Å²) in [7, 11) is 0. The molecule has 1 rings (SSSR count). The molecule has 1 aliphatic rings. The van der Waals surface area contributed by atoms with E-state index in [0.29, 0.717) is 5.92 Å². The Morgan fingerprint density at radius 2 is 1.90 bits per heavy atom. The van der Waals surface area contributed by atoms with Crippen molar-refractivity contribution in [3.05, 3.63) is 0 Å². The van der Waals surface area contributed by atoms with Crippen LogP contribution in [0.3, 0.4) is 0 Å². The van der Waals surface area contributed by atoms with Gasteiger partial charge >= 0.3 is 0 Å². The van der Waals surface area contributed by atoms with Gasteiger partial charge in [-0.15, -0.1) is 12.3 Å². The summed E-state index contributed by atoms with van der Waals surface area (Å²) in [6.07, 6.45) is 9.22. The predicted molar refractivity (Wildman–Crippen MR) is 46.7 cm³/mol. The second-order valence-corrected chi connectivity index (χ2v) is 2.68. The van der Waals surface area contributed by atoms with E-state index >= 15 is 0 Å². The second-order valence-electron chi connectivity index (χ2n) is 2.68. The lowest BCUT2D eigenvalue weighted by molar-refractivity contribution is 0.519. The smallest absolute Gasteiger partial charge is 0.0225 e. The Morgan fingerprint density at radius 3 is 2.10 bits per heavy atom. The highest BCUT2D eigenvalue weighted by Gasteiger charge is 2.20. The quantitative estimate of drug-likeness (QED) is 0.451. The third-order valence-electron chi connectivity index (χ3n) is 2.08. The number of hydrogen-bond acceptors (Lipinski definition) is 0. The van der Waals surface area contributed by atoms with E-state index in [4.69, 9.17) is 6.42 Å². The lowest BCUT2D eigenvalue weighted by Crippen LogP contribution is -1.98. The Balaban J connectivity index is 0.000000371. The highest BCUT2D eigenvalue weighted by Crippen LogP contribution is 2.29. The Bertz CT molecular complexity index is 108. The van der Waals surface area contributed by atoms with Crippen molar-refractivity contribution in [3.63, 3.8) is 0 Å². The summed E-state index contributed by atoms with van der Waals surface area (Å²) < 4.78 is 0. The molecule has 0 heteroatoms. The highest BCUT2D eigenvalue weighted by molar-refractivity contribution is 4.97. The minimum atomic E-state index is 0.593. The summed E-state index contributed by atoms with van der Waals surface area (Å²) in [6, 6.07) is 0. The third-order valence-corrected chi connectivity index (χ3v) is 2.08. The van der Waals surface area contributed by atoms with Gasteiger partial charge in [-0.2, -0.15) is 0 Å². The maximum absolute atomic E-state index is 5.27. The van der Waals surface area contributed by atoms with Crippen molar-refractivity contribution in [3.8, 4) is 12.3 Å². The molecule has 0 aromatic heterocycles. The minimum absolute atomic E-state index is 0.593. The molecule has 0 nitrogen and oxygen atoms in total. The molecular formula is C10H18. The molecule has 0 heterocycles. The zero-order valence-electron chi connectivity index (χ0n) is 7.35. The molecule has 10 heavy (non-hydrogen) atoms. The van der Waals surface area contributed by atoms with Gasteiger partial charge in [0.05, 0.1) is 0 Å². The van der Waals surface area contributed by atoms with Crippen LogP contribution >= 0.6 is 0 Å². The first-order valence-corrected chi connectivity index (χ1v) is 4.30. The molecule has 2 atom stereocenters. The number of rotatable bonds is 0. The van der Waals surface area contributed by atoms with Crippen LogP contribution in [0.5, 0.6) is 0 Å². The zero-order chi connectivity index (χ0) is 7.98. The van der Waals surface area contributed by atoms with Crippen molar-refractivity contribution in [2.45, 2.75) is 40.0 Å². The average molecular weight is 138 g/mol. The molecule has 0 radical (unpaired) electrons. The first-order chi connectivity index (χ1) is 4.84. The van der Waals surface area contributed by atoms with E-state index in [9.17, 15) is 0 Å². The first-order valence-electron chi connectivity index (χ1n) is 4.30. The lowest BCUT2D eigenvalue weighted by Gasteiger charge is -2.04. The van der Waals surface area contributed by atoms with Crippen LogP contribution in [0.1, 0.15) is 40.0 Å². The van der Waals surface area contributed by atoms with Crippen molar-refractivity contribution in [1.29, 1.82) is 0 Å². The van der Waals surface area contributed by atoms with Gasteiger partial charge in [0.1, 0.15) is 0 Å². The van der Waals surface area contributed by atoms with E-state index in [1.807, 2.05) is 13.8 Å². The van der Waals surface area contributed by atoms with Gasteiger partial charge in [-0.1, -0.05) is 27.2 Å². The maximum atomic E-state index is 5.27. The maximum Gasteiger partial charge on any atom is 0.0225 e. The van der Waals surface area contributed by atoms with Crippen LogP contribution in [-0.2, 0) is 0 Å². The number of terminal acetylenes is 1. The van der Waals surface area contributed by atoms with E-state index < -0.39 is 0 Å². The van der Waals surface area contributed by atoms with Crippen molar-refractivity contribution >= 4 is 0 Å². The molecule has 1 saturated carbocycles. The van der Waals surface area contributed by atoms with E-state index in [2.05, 4.69) is 12.8 Å². The molecule has 0 saturated heterocycles. The lowest BCUT2D eigenvalue weighted by atomic mass is 10.00. The molecule has 0 N–H and O–H groups in total. The van der Waals surface area contributed by atoms with Gasteiger partial charge in [0.15, 0.2) is 0 Å². The summed E-state index contributed by atoms with van der Waals surface area (Å²) in [5.41, 5.74) is 0. The van der Waals surface area contributed by atoms with Gasteiger partial charge in [-0.25, -0.2) is 0 Å². The molecular weight excluding hydrogens is 120 g/mol. The fraction of sp³-hybridized carbons (Fsp3) is 0.800. The van der Waals surface area contributed by atoms with Crippen molar-refractivity contribution in [2.75, 3.05) is 0 Å². The van der Waals surface area contributed by atoms with E-state index in [1.54, 1.807) is 0 Å². The Labute approximate surface area is 65.0 Å². The molecule has 1 fully saturated rings. The molecule has 0 unspecified atom stereocenters. The fourth-order valence-corrected chi connectivity index (χ4v) is 1.39. The largest absolute Gasteiger partial charge is 0.120 e. The highest BCUT2D eigenvalue weighted by atomic mass is 14.2. The molecule has 0 aromatic carbocycles. The van der Waals surface area contributed by atoms with Crippen LogP contribution in [0, 0.1) is 24.2 Å². The Hall–Kier alpha value is -0.440. The second kappa shape index (κ2) is 5.35. The van der Waals surface area contributed by atoms with Crippen molar-refractivity contribution in [1.82, 2.24) is 0 Å². The molecule has 0 spiro atoms. The monoisotopic (exact) mass is 138 g/mol. The summed E-state index contributed by atoms with van der Waals surface area (Å²) in [4.78, 5) is 0. The SMILES string of the molecule is C#C[C@@H]1CCC[C@@H]1C.CC. The third kappa shape index (κ3) is 2.43. The molecule has 1 aliphatic carbocycles. The van der Waals surface area contributed by atoms with Gasteiger partial charge < -0.3 is 0 Å². The van der Waals surface area contributed by atoms with E-state index in [-0.39, 0.29) is 0 Å². The van der Waals surface area contributed by atoms with Crippen LogP contribution in [0.15, 0.2) is 0 Å². The van der Waals surface area contributed by atoms with Crippen LogP contribution in [0.4, 0.5) is 0 Å². The first kappa shape index (κ1) is 9.56. The van der Waals surface area contributed by atoms with Crippen LogP contribution in [0.25, 0.3) is 0 Å².